The third-order valence-corrected chi connectivity index (χ3v) is 3.22. The highest BCUT2D eigenvalue weighted by molar-refractivity contribution is 5.76. The van der Waals surface area contributed by atoms with Gasteiger partial charge in [0.15, 0.2) is 0 Å². The molecule has 0 saturated carbocycles. The molecule has 1 aliphatic heterocycles. The van der Waals surface area contributed by atoms with Gasteiger partial charge < -0.3 is 9.47 Å². The van der Waals surface area contributed by atoms with Crippen LogP contribution < -0.4 is 0 Å². The van der Waals surface area contributed by atoms with E-state index < -0.39 is 0 Å². The van der Waals surface area contributed by atoms with Gasteiger partial charge in [0.25, 0.3) is 0 Å². The summed E-state index contributed by atoms with van der Waals surface area (Å²) in [6.07, 6.45) is 0.905. The number of carbonyl (C=O) groups excluding carboxylic acids is 1. The van der Waals surface area contributed by atoms with Crippen LogP contribution in [0, 0.1) is 5.92 Å². The molecule has 0 aromatic rings. The summed E-state index contributed by atoms with van der Waals surface area (Å²) in [5.74, 6) is 0.368. The first-order valence-electron chi connectivity index (χ1n) is 6.03. The Morgan fingerprint density at radius 2 is 2.19 bits per heavy atom. The van der Waals surface area contributed by atoms with Gasteiger partial charge in [-0.15, -0.1) is 0 Å². The van der Waals surface area contributed by atoms with Gasteiger partial charge in [0.2, 0.25) is 0 Å². The Balaban J connectivity index is 2.54. The lowest BCUT2D eigenvalue weighted by molar-refractivity contribution is -0.156. The van der Waals surface area contributed by atoms with Crippen molar-refractivity contribution in [2.24, 2.45) is 5.92 Å². The molecule has 0 aliphatic carbocycles. The smallest absolute Gasteiger partial charge is 0.323 e. The summed E-state index contributed by atoms with van der Waals surface area (Å²) in [5, 5.41) is 0. The molecule has 0 spiro atoms. The molecular formula is C12H23NO3. The Hall–Kier alpha value is -0.610. The second-order valence-electron chi connectivity index (χ2n) is 4.54. The molecule has 0 aromatic heterocycles. The van der Waals surface area contributed by atoms with Crippen LogP contribution >= 0.6 is 0 Å². The number of methoxy groups -OCH3 is 1. The van der Waals surface area contributed by atoms with Gasteiger partial charge in [0, 0.05) is 19.2 Å². The molecular weight excluding hydrogens is 206 g/mol. The fourth-order valence-electron chi connectivity index (χ4n) is 2.10. The van der Waals surface area contributed by atoms with E-state index in [4.69, 9.17) is 9.47 Å². The zero-order chi connectivity index (χ0) is 12.1. The summed E-state index contributed by atoms with van der Waals surface area (Å²) in [4.78, 5) is 13.7. The quantitative estimate of drug-likeness (QED) is 0.643. The van der Waals surface area contributed by atoms with Crippen molar-refractivity contribution < 1.29 is 14.3 Å². The molecule has 0 bridgehead atoms. The van der Waals surface area contributed by atoms with Gasteiger partial charge >= 0.3 is 5.97 Å². The van der Waals surface area contributed by atoms with E-state index in [0.29, 0.717) is 18.6 Å². The molecule has 94 valence electrons. The maximum atomic E-state index is 11.5. The Morgan fingerprint density at radius 1 is 1.50 bits per heavy atom. The molecule has 1 rings (SSSR count). The van der Waals surface area contributed by atoms with Crippen LogP contribution in [0.5, 0.6) is 0 Å². The molecule has 2 unspecified atom stereocenters. The number of hydrogen-bond donors (Lipinski definition) is 0. The van der Waals surface area contributed by atoms with Crippen LogP contribution in [0.4, 0.5) is 0 Å². The first-order valence-corrected chi connectivity index (χ1v) is 6.03. The standard InChI is InChI=1S/C12H23NO3/c1-5-16-8-11(9(2)3)13-7-6-10(13)12(14)15-4/h9-11H,5-8H2,1-4H3. The van der Waals surface area contributed by atoms with Gasteiger partial charge in [-0.05, 0) is 19.3 Å². The highest BCUT2D eigenvalue weighted by atomic mass is 16.5. The second kappa shape index (κ2) is 6.21. The second-order valence-corrected chi connectivity index (χ2v) is 4.54. The van der Waals surface area contributed by atoms with Crippen LogP contribution in [0.1, 0.15) is 27.2 Å². The number of esters is 1. The lowest BCUT2D eigenvalue weighted by Crippen LogP contribution is -2.59. The normalized spacial score (nSPS) is 22.9. The number of carbonyl (C=O) groups is 1. The minimum Gasteiger partial charge on any atom is -0.468 e. The monoisotopic (exact) mass is 229 g/mol. The molecule has 4 heteroatoms. The van der Waals surface area contributed by atoms with Crippen LogP contribution in [0.25, 0.3) is 0 Å². The lowest BCUT2D eigenvalue weighted by Gasteiger charge is -2.45. The van der Waals surface area contributed by atoms with Crippen molar-refractivity contribution in [3.63, 3.8) is 0 Å². The maximum absolute atomic E-state index is 11.5. The van der Waals surface area contributed by atoms with Crippen molar-refractivity contribution in [2.75, 3.05) is 26.9 Å². The van der Waals surface area contributed by atoms with Crippen LogP contribution in [-0.4, -0.2) is 49.8 Å². The summed E-state index contributed by atoms with van der Waals surface area (Å²) in [6.45, 7) is 8.70. The fourth-order valence-corrected chi connectivity index (χ4v) is 2.10. The van der Waals surface area contributed by atoms with Gasteiger partial charge in [0.1, 0.15) is 6.04 Å². The molecule has 1 heterocycles. The van der Waals surface area contributed by atoms with Gasteiger partial charge in [-0.2, -0.15) is 0 Å². The predicted octanol–water partition coefficient (Wildman–Crippen LogP) is 1.29. The summed E-state index contributed by atoms with van der Waals surface area (Å²) < 4.78 is 10.3. The minimum atomic E-state index is -0.117. The highest BCUT2D eigenvalue weighted by Crippen LogP contribution is 2.25. The average Bonchev–Trinajstić information content (AvgIpc) is 2.21. The van der Waals surface area contributed by atoms with E-state index in [1.165, 1.54) is 7.11 Å². The van der Waals surface area contributed by atoms with E-state index in [9.17, 15) is 4.79 Å². The third kappa shape index (κ3) is 2.95. The third-order valence-electron chi connectivity index (χ3n) is 3.22. The van der Waals surface area contributed by atoms with Crippen molar-refractivity contribution in [3.05, 3.63) is 0 Å². The lowest BCUT2D eigenvalue weighted by atomic mass is 9.94. The summed E-state index contributed by atoms with van der Waals surface area (Å²) in [6, 6.07) is 0.260. The Labute approximate surface area is 97.9 Å². The van der Waals surface area contributed by atoms with Crippen LogP contribution in [-0.2, 0) is 14.3 Å². The van der Waals surface area contributed by atoms with Gasteiger partial charge in [0.05, 0.1) is 13.7 Å². The molecule has 0 N–H and O–H groups in total. The first-order chi connectivity index (χ1) is 7.61. The van der Waals surface area contributed by atoms with E-state index in [1.807, 2.05) is 6.92 Å². The number of hydrogen-bond acceptors (Lipinski definition) is 4. The van der Waals surface area contributed by atoms with Crippen molar-refractivity contribution in [3.8, 4) is 0 Å². The molecule has 0 radical (unpaired) electrons. The van der Waals surface area contributed by atoms with E-state index in [0.717, 1.165) is 19.6 Å². The fraction of sp³-hybridized carbons (Fsp3) is 0.917. The molecule has 0 amide bonds. The number of likely N-dealkylation sites (tertiary alicyclic amines) is 1. The molecule has 0 aromatic carbocycles. The van der Waals surface area contributed by atoms with Crippen LogP contribution in [0.2, 0.25) is 0 Å². The summed E-state index contributed by atoms with van der Waals surface area (Å²) >= 11 is 0. The van der Waals surface area contributed by atoms with E-state index in [-0.39, 0.29) is 12.0 Å². The summed E-state index contributed by atoms with van der Waals surface area (Å²) in [7, 11) is 1.45. The maximum Gasteiger partial charge on any atom is 0.323 e. The van der Waals surface area contributed by atoms with Gasteiger partial charge in [-0.1, -0.05) is 13.8 Å². The molecule has 1 fully saturated rings. The van der Waals surface area contributed by atoms with Crippen molar-refractivity contribution >= 4 is 5.97 Å². The zero-order valence-electron chi connectivity index (χ0n) is 10.7. The van der Waals surface area contributed by atoms with Crippen molar-refractivity contribution in [1.82, 2.24) is 4.90 Å². The topological polar surface area (TPSA) is 38.8 Å². The summed E-state index contributed by atoms with van der Waals surface area (Å²) in [5.41, 5.74) is 0. The number of nitrogens with zero attached hydrogens (tertiary/aromatic N) is 1. The molecule has 1 saturated heterocycles. The molecule has 1 aliphatic rings. The Bertz CT molecular complexity index is 230. The average molecular weight is 229 g/mol. The van der Waals surface area contributed by atoms with Crippen LogP contribution in [0.3, 0.4) is 0 Å². The van der Waals surface area contributed by atoms with Crippen molar-refractivity contribution in [1.29, 1.82) is 0 Å². The van der Waals surface area contributed by atoms with Gasteiger partial charge in [-0.3, -0.25) is 9.69 Å². The largest absolute Gasteiger partial charge is 0.468 e. The van der Waals surface area contributed by atoms with Crippen molar-refractivity contribution in [2.45, 2.75) is 39.3 Å². The zero-order valence-corrected chi connectivity index (χ0v) is 10.7. The SMILES string of the molecule is CCOCC(C(C)C)N1CCC1C(=O)OC. The Morgan fingerprint density at radius 3 is 2.56 bits per heavy atom. The van der Waals surface area contributed by atoms with E-state index >= 15 is 0 Å². The first kappa shape index (κ1) is 13.5. The van der Waals surface area contributed by atoms with Gasteiger partial charge in [-0.25, -0.2) is 0 Å². The Kier molecular flexibility index (Phi) is 5.22. The number of rotatable bonds is 6. The van der Waals surface area contributed by atoms with E-state index in [2.05, 4.69) is 18.7 Å². The molecule has 4 nitrogen and oxygen atoms in total. The minimum absolute atomic E-state index is 0.0575. The number of ether oxygens (including phenoxy) is 2. The van der Waals surface area contributed by atoms with E-state index in [1.54, 1.807) is 0 Å². The highest BCUT2D eigenvalue weighted by Gasteiger charge is 2.40. The molecule has 16 heavy (non-hydrogen) atoms. The molecule has 2 atom stereocenters. The van der Waals surface area contributed by atoms with Crippen LogP contribution in [0.15, 0.2) is 0 Å². The predicted molar refractivity (Wildman–Crippen MR) is 62.2 cm³/mol.